The lowest BCUT2D eigenvalue weighted by Gasteiger charge is -2.32. The van der Waals surface area contributed by atoms with E-state index in [0.717, 1.165) is 25.3 Å². The van der Waals surface area contributed by atoms with E-state index in [1.165, 1.54) is 40.7 Å². The predicted octanol–water partition coefficient (Wildman–Crippen LogP) is 3.61. The molecule has 1 atom stereocenters. The molecule has 0 saturated carbocycles. The van der Waals surface area contributed by atoms with E-state index in [4.69, 9.17) is 16.3 Å². The summed E-state index contributed by atoms with van der Waals surface area (Å²) in [6, 6.07) is 8.95. The molecule has 3 rings (SSSR count). The molecule has 1 N–H and O–H groups in total. The number of amides is 1. The van der Waals surface area contributed by atoms with E-state index < -0.39 is 33.4 Å². The van der Waals surface area contributed by atoms with Gasteiger partial charge in [-0.25, -0.2) is 13.2 Å². The molecule has 1 unspecified atom stereocenters. The van der Waals surface area contributed by atoms with Gasteiger partial charge in [0.25, 0.3) is 11.6 Å². The van der Waals surface area contributed by atoms with Crippen LogP contribution in [0.3, 0.4) is 0 Å². The monoisotopic (exact) mass is 495 g/mol. The van der Waals surface area contributed by atoms with Crippen LogP contribution >= 0.6 is 11.6 Å². The maximum Gasteiger partial charge on any atom is 0.338 e. The third-order valence-electron chi connectivity index (χ3n) is 5.20. The number of hydrogen-bond acceptors (Lipinski definition) is 7. The van der Waals surface area contributed by atoms with Crippen molar-refractivity contribution < 1.29 is 27.7 Å². The number of anilines is 1. The Morgan fingerprint density at radius 1 is 1.21 bits per heavy atom. The van der Waals surface area contributed by atoms with Crippen molar-refractivity contribution >= 4 is 44.9 Å². The summed E-state index contributed by atoms with van der Waals surface area (Å²) in [5.74, 6) is -1.53. The van der Waals surface area contributed by atoms with Gasteiger partial charge in [-0.1, -0.05) is 18.0 Å². The molecule has 0 radical (unpaired) electrons. The van der Waals surface area contributed by atoms with Gasteiger partial charge in [0.15, 0.2) is 6.61 Å². The van der Waals surface area contributed by atoms with Crippen molar-refractivity contribution in [2.75, 3.05) is 18.5 Å². The zero-order valence-electron chi connectivity index (χ0n) is 17.7. The highest BCUT2D eigenvalue weighted by Gasteiger charge is 2.31. The summed E-state index contributed by atoms with van der Waals surface area (Å²) in [5.41, 5.74) is -0.176. The molecule has 1 aliphatic heterocycles. The Morgan fingerprint density at radius 2 is 1.91 bits per heavy atom. The van der Waals surface area contributed by atoms with Gasteiger partial charge in [0.1, 0.15) is 5.02 Å². The van der Waals surface area contributed by atoms with E-state index in [2.05, 4.69) is 5.32 Å². The quantitative estimate of drug-likeness (QED) is 0.352. The normalized spacial score (nSPS) is 16.7. The van der Waals surface area contributed by atoms with Crippen molar-refractivity contribution in [2.45, 2.75) is 37.1 Å². The van der Waals surface area contributed by atoms with Gasteiger partial charge in [0.2, 0.25) is 10.0 Å². The first-order valence-corrected chi connectivity index (χ1v) is 11.9. The molecule has 2 aromatic rings. The van der Waals surface area contributed by atoms with Gasteiger partial charge in [0, 0.05) is 24.3 Å². The smallest absolute Gasteiger partial charge is 0.338 e. The average molecular weight is 496 g/mol. The van der Waals surface area contributed by atoms with E-state index in [9.17, 15) is 28.1 Å². The van der Waals surface area contributed by atoms with Gasteiger partial charge >= 0.3 is 5.97 Å². The van der Waals surface area contributed by atoms with Gasteiger partial charge in [-0.3, -0.25) is 14.9 Å². The fraction of sp³-hybridized carbons (Fsp3) is 0.333. The SMILES string of the molecule is CC1CCCCN1S(=O)(=O)c1ccc(C(=O)OCC(=O)Nc2ccc(Cl)c([N+](=O)[O-])c2)cc1. The number of carbonyl (C=O) groups is 2. The Hall–Kier alpha value is -3.02. The van der Waals surface area contributed by atoms with Crippen molar-refractivity contribution in [3.05, 3.63) is 63.2 Å². The minimum Gasteiger partial charge on any atom is -0.452 e. The van der Waals surface area contributed by atoms with E-state index in [-0.39, 0.29) is 32.9 Å². The zero-order valence-corrected chi connectivity index (χ0v) is 19.3. The molecule has 0 spiro atoms. The number of benzene rings is 2. The number of sulfonamides is 1. The van der Waals surface area contributed by atoms with Gasteiger partial charge in [-0.15, -0.1) is 0 Å². The second kappa shape index (κ2) is 10.3. The van der Waals surface area contributed by atoms with Crippen LogP contribution in [0, 0.1) is 10.1 Å². The van der Waals surface area contributed by atoms with Crippen LogP contribution in [0.15, 0.2) is 47.4 Å². The highest BCUT2D eigenvalue weighted by molar-refractivity contribution is 7.89. The first kappa shape index (κ1) is 24.6. The molecule has 1 amide bonds. The average Bonchev–Trinajstić information content (AvgIpc) is 2.79. The van der Waals surface area contributed by atoms with Crippen LogP contribution in [-0.4, -0.2) is 48.7 Å². The molecule has 10 nitrogen and oxygen atoms in total. The van der Waals surface area contributed by atoms with Crippen molar-refractivity contribution in [1.82, 2.24) is 4.31 Å². The third-order valence-corrected chi connectivity index (χ3v) is 7.55. The number of ether oxygens (including phenoxy) is 1. The first-order valence-electron chi connectivity index (χ1n) is 10.1. The topological polar surface area (TPSA) is 136 Å². The molecular weight excluding hydrogens is 474 g/mol. The number of nitro groups is 1. The Balaban J connectivity index is 1.59. The number of piperidine rings is 1. The lowest BCUT2D eigenvalue weighted by atomic mass is 10.1. The number of esters is 1. The van der Waals surface area contributed by atoms with Crippen LogP contribution in [0.4, 0.5) is 11.4 Å². The largest absolute Gasteiger partial charge is 0.452 e. The van der Waals surface area contributed by atoms with Crippen LogP contribution < -0.4 is 5.32 Å². The molecule has 176 valence electrons. The summed E-state index contributed by atoms with van der Waals surface area (Å²) in [6.45, 7) is 1.69. The molecule has 0 aliphatic carbocycles. The van der Waals surface area contributed by atoms with Crippen LogP contribution in [0.2, 0.25) is 5.02 Å². The number of nitrogens with one attached hydrogen (secondary N) is 1. The summed E-state index contributed by atoms with van der Waals surface area (Å²) in [7, 11) is -3.67. The van der Waals surface area contributed by atoms with Crippen molar-refractivity contribution in [1.29, 1.82) is 0 Å². The molecule has 0 bridgehead atoms. The van der Waals surface area contributed by atoms with Crippen LogP contribution in [0.25, 0.3) is 0 Å². The molecule has 2 aromatic carbocycles. The van der Waals surface area contributed by atoms with Crippen molar-refractivity contribution in [3.63, 3.8) is 0 Å². The Bertz CT molecular complexity index is 1170. The van der Waals surface area contributed by atoms with Gasteiger partial charge in [-0.05, 0) is 56.2 Å². The summed E-state index contributed by atoms with van der Waals surface area (Å²) >= 11 is 5.72. The third kappa shape index (κ3) is 5.86. The Labute approximate surface area is 195 Å². The Morgan fingerprint density at radius 3 is 2.55 bits per heavy atom. The molecular formula is C21H22ClN3O7S. The van der Waals surface area contributed by atoms with Gasteiger partial charge in [0.05, 0.1) is 15.4 Å². The lowest BCUT2D eigenvalue weighted by Crippen LogP contribution is -2.41. The fourth-order valence-corrected chi connectivity index (χ4v) is 5.36. The zero-order chi connectivity index (χ0) is 24.2. The summed E-state index contributed by atoms with van der Waals surface area (Å²) in [4.78, 5) is 34.6. The molecule has 33 heavy (non-hydrogen) atoms. The number of nitrogens with zero attached hydrogens (tertiary/aromatic N) is 2. The van der Waals surface area contributed by atoms with E-state index in [1.807, 2.05) is 6.92 Å². The number of halogens is 1. The Kier molecular flexibility index (Phi) is 7.67. The standard InChI is InChI=1S/C21H22ClN3O7S/c1-14-4-2-3-11-24(14)33(30,31)17-8-5-15(6-9-17)21(27)32-13-20(26)23-16-7-10-18(22)19(12-16)25(28)29/h5-10,12,14H,2-4,11,13H2,1H3,(H,23,26). The van der Waals surface area contributed by atoms with Crippen LogP contribution in [-0.2, 0) is 19.6 Å². The van der Waals surface area contributed by atoms with Crippen LogP contribution in [0.1, 0.15) is 36.5 Å². The van der Waals surface area contributed by atoms with Crippen LogP contribution in [0.5, 0.6) is 0 Å². The highest BCUT2D eigenvalue weighted by Crippen LogP contribution is 2.27. The maximum atomic E-state index is 12.9. The highest BCUT2D eigenvalue weighted by atomic mass is 35.5. The minimum absolute atomic E-state index is 0.0786. The molecule has 1 aliphatic rings. The molecule has 12 heteroatoms. The van der Waals surface area contributed by atoms with E-state index >= 15 is 0 Å². The van der Waals surface area contributed by atoms with Crippen molar-refractivity contribution in [3.8, 4) is 0 Å². The molecule has 1 fully saturated rings. The number of hydrogen-bond donors (Lipinski definition) is 1. The molecule has 0 aromatic heterocycles. The fourth-order valence-electron chi connectivity index (χ4n) is 3.47. The molecule has 1 heterocycles. The van der Waals surface area contributed by atoms with Crippen molar-refractivity contribution in [2.24, 2.45) is 0 Å². The predicted molar refractivity (Wildman–Crippen MR) is 121 cm³/mol. The lowest BCUT2D eigenvalue weighted by molar-refractivity contribution is -0.384. The maximum absolute atomic E-state index is 12.9. The summed E-state index contributed by atoms with van der Waals surface area (Å²) < 4.78 is 32.1. The summed E-state index contributed by atoms with van der Waals surface area (Å²) in [5, 5.41) is 13.2. The minimum atomic E-state index is -3.67. The van der Waals surface area contributed by atoms with E-state index in [0.29, 0.717) is 6.54 Å². The number of carbonyl (C=O) groups excluding carboxylic acids is 2. The van der Waals surface area contributed by atoms with E-state index in [1.54, 1.807) is 0 Å². The number of nitro benzene ring substituents is 1. The second-order valence-corrected chi connectivity index (χ2v) is 9.83. The summed E-state index contributed by atoms with van der Waals surface area (Å²) in [6.07, 6.45) is 2.59. The number of rotatable bonds is 7. The second-order valence-electron chi connectivity index (χ2n) is 7.53. The van der Waals surface area contributed by atoms with Gasteiger partial charge in [-0.2, -0.15) is 4.31 Å². The van der Waals surface area contributed by atoms with Gasteiger partial charge < -0.3 is 10.1 Å². The molecule has 1 saturated heterocycles. The first-order chi connectivity index (χ1) is 15.6.